The molecule has 7 heteroatoms. The van der Waals surface area contributed by atoms with E-state index in [1.807, 2.05) is 4.90 Å². The number of hydrogen-bond donors (Lipinski definition) is 1. The van der Waals surface area contributed by atoms with Crippen LogP contribution in [0.2, 0.25) is 0 Å². The fourth-order valence-corrected chi connectivity index (χ4v) is 2.50. The third-order valence-electron chi connectivity index (χ3n) is 3.70. The van der Waals surface area contributed by atoms with E-state index in [4.69, 9.17) is 5.73 Å². The van der Waals surface area contributed by atoms with Crippen molar-refractivity contribution in [3.63, 3.8) is 0 Å². The van der Waals surface area contributed by atoms with Crippen LogP contribution in [-0.2, 0) is 17.5 Å². The summed E-state index contributed by atoms with van der Waals surface area (Å²) >= 11 is 0. The van der Waals surface area contributed by atoms with Gasteiger partial charge in [0, 0.05) is 45.3 Å². The fraction of sp³-hybridized carbons (Fsp3) is 0.500. The Hall–Kier alpha value is -1.76. The Morgan fingerprint density at radius 3 is 2.33 bits per heavy atom. The molecule has 0 aliphatic carbocycles. The van der Waals surface area contributed by atoms with Gasteiger partial charge in [0.05, 0.1) is 5.56 Å². The molecule has 2 N–H and O–H groups in total. The molecule has 0 atom stereocenters. The lowest BCUT2D eigenvalue weighted by molar-refractivity contribution is -0.138. The van der Waals surface area contributed by atoms with Crippen molar-refractivity contribution >= 4 is 11.6 Å². The van der Waals surface area contributed by atoms with Gasteiger partial charge in [-0.15, -0.1) is 0 Å². The monoisotopic (exact) mass is 301 g/mol. The van der Waals surface area contributed by atoms with E-state index in [-0.39, 0.29) is 18.0 Å². The number of rotatable bonds is 2. The normalized spacial score (nSPS) is 16.2. The highest BCUT2D eigenvalue weighted by Crippen LogP contribution is 2.34. The van der Waals surface area contributed by atoms with Gasteiger partial charge in [-0.3, -0.25) is 4.79 Å². The minimum absolute atomic E-state index is 0.0183. The SMILES string of the molecule is CC(=O)N1CCN(c2ccc(C(F)(F)F)c(CN)c2)CC1. The van der Waals surface area contributed by atoms with E-state index in [0.717, 1.165) is 6.07 Å². The molecule has 1 amide bonds. The van der Waals surface area contributed by atoms with E-state index in [0.29, 0.717) is 31.9 Å². The van der Waals surface area contributed by atoms with E-state index < -0.39 is 11.7 Å². The molecule has 2 rings (SSSR count). The van der Waals surface area contributed by atoms with Crippen molar-refractivity contribution in [3.8, 4) is 0 Å². The first-order chi connectivity index (χ1) is 9.82. The molecule has 0 unspecified atom stereocenters. The van der Waals surface area contributed by atoms with Crippen molar-refractivity contribution < 1.29 is 18.0 Å². The molecule has 21 heavy (non-hydrogen) atoms. The Kier molecular flexibility index (Phi) is 4.41. The average molecular weight is 301 g/mol. The van der Waals surface area contributed by atoms with E-state index in [2.05, 4.69) is 0 Å². The number of carbonyl (C=O) groups is 1. The molecular weight excluding hydrogens is 283 g/mol. The molecule has 1 fully saturated rings. The molecule has 1 aromatic rings. The van der Waals surface area contributed by atoms with Gasteiger partial charge in [-0.25, -0.2) is 0 Å². The van der Waals surface area contributed by atoms with Crippen LogP contribution in [0.3, 0.4) is 0 Å². The predicted molar refractivity (Wildman–Crippen MR) is 73.8 cm³/mol. The van der Waals surface area contributed by atoms with Crippen LogP contribution < -0.4 is 10.6 Å². The van der Waals surface area contributed by atoms with Gasteiger partial charge in [0.15, 0.2) is 0 Å². The zero-order valence-corrected chi connectivity index (χ0v) is 11.8. The minimum atomic E-state index is -4.39. The summed E-state index contributed by atoms with van der Waals surface area (Å²) in [5.41, 5.74) is 5.56. The Balaban J connectivity index is 2.17. The summed E-state index contributed by atoms with van der Waals surface area (Å²) in [6, 6.07) is 4.03. The molecule has 0 bridgehead atoms. The summed E-state index contributed by atoms with van der Waals surface area (Å²) < 4.78 is 38.5. The molecule has 0 saturated carbocycles. The van der Waals surface area contributed by atoms with Crippen LogP contribution in [0.1, 0.15) is 18.1 Å². The standard InChI is InChI=1S/C14H18F3N3O/c1-10(21)19-4-6-20(7-5-19)12-2-3-13(14(15,16)17)11(8-12)9-18/h2-3,8H,4-7,9,18H2,1H3. The first kappa shape index (κ1) is 15.6. The van der Waals surface area contributed by atoms with Crippen molar-refractivity contribution in [2.45, 2.75) is 19.6 Å². The second-order valence-corrected chi connectivity index (χ2v) is 5.04. The summed E-state index contributed by atoms with van der Waals surface area (Å²) in [6.45, 7) is 3.73. The zero-order chi connectivity index (χ0) is 15.6. The zero-order valence-electron chi connectivity index (χ0n) is 11.8. The molecule has 0 radical (unpaired) electrons. The second kappa shape index (κ2) is 5.93. The maximum absolute atomic E-state index is 12.8. The molecular formula is C14H18F3N3O. The maximum Gasteiger partial charge on any atom is 0.416 e. The molecule has 0 spiro atoms. The number of nitrogens with zero attached hydrogens (tertiary/aromatic N) is 2. The van der Waals surface area contributed by atoms with E-state index in [1.165, 1.54) is 19.1 Å². The van der Waals surface area contributed by atoms with Crippen molar-refractivity contribution in [1.29, 1.82) is 0 Å². The van der Waals surface area contributed by atoms with Crippen LogP contribution in [-0.4, -0.2) is 37.0 Å². The minimum Gasteiger partial charge on any atom is -0.368 e. The van der Waals surface area contributed by atoms with E-state index >= 15 is 0 Å². The van der Waals surface area contributed by atoms with Crippen LogP contribution in [0, 0.1) is 0 Å². The first-order valence-electron chi connectivity index (χ1n) is 6.73. The highest BCUT2D eigenvalue weighted by atomic mass is 19.4. The first-order valence-corrected chi connectivity index (χ1v) is 6.73. The molecule has 1 heterocycles. The van der Waals surface area contributed by atoms with Crippen molar-refractivity contribution in [2.75, 3.05) is 31.1 Å². The van der Waals surface area contributed by atoms with Gasteiger partial charge in [0.2, 0.25) is 5.91 Å². The Labute approximate surface area is 121 Å². The van der Waals surface area contributed by atoms with E-state index in [1.54, 1.807) is 4.90 Å². The van der Waals surface area contributed by atoms with Crippen LogP contribution in [0.25, 0.3) is 0 Å². The van der Waals surface area contributed by atoms with Gasteiger partial charge in [0.1, 0.15) is 0 Å². The van der Waals surface area contributed by atoms with Crippen LogP contribution >= 0.6 is 0 Å². The van der Waals surface area contributed by atoms with Crippen molar-refractivity contribution in [3.05, 3.63) is 29.3 Å². The van der Waals surface area contributed by atoms with Gasteiger partial charge < -0.3 is 15.5 Å². The number of alkyl halides is 3. The lowest BCUT2D eigenvalue weighted by atomic mass is 10.1. The number of halogens is 3. The molecule has 1 aromatic carbocycles. The number of nitrogens with two attached hydrogens (primary N) is 1. The summed E-state index contributed by atoms with van der Waals surface area (Å²) in [6.07, 6.45) is -4.39. The number of carbonyl (C=O) groups excluding carboxylic acids is 1. The average Bonchev–Trinajstić information content (AvgIpc) is 2.45. The van der Waals surface area contributed by atoms with Crippen LogP contribution in [0.5, 0.6) is 0 Å². The summed E-state index contributed by atoms with van der Waals surface area (Å²) in [7, 11) is 0. The highest BCUT2D eigenvalue weighted by molar-refractivity contribution is 5.73. The molecule has 116 valence electrons. The number of piperazine rings is 1. The molecule has 1 aliphatic rings. The number of hydrogen-bond acceptors (Lipinski definition) is 3. The third kappa shape index (κ3) is 3.47. The smallest absolute Gasteiger partial charge is 0.368 e. The van der Waals surface area contributed by atoms with Crippen LogP contribution in [0.15, 0.2) is 18.2 Å². The topological polar surface area (TPSA) is 49.6 Å². The molecule has 4 nitrogen and oxygen atoms in total. The van der Waals surface area contributed by atoms with Crippen molar-refractivity contribution in [1.82, 2.24) is 4.90 Å². The van der Waals surface area contributed by atoms with Gasteiger partial charge in [-0.05, 0) is 23.8 Å². The summed E-state index contributed by atoms with van der Waals surface area (Å²) in [5.74, 6) is 0.0183. The Morgan fingerprint density at radius 1 is 1.24 bits per heavy atom. The lowest BCUT2D eigenvalue weighted by Crippen LogP contribution is -2.48. The van der Waals surface area contributed by atoms with Gasteiger partial charge in [-0.1, -0.05) is 0 Å². The largest absolute Gasteiger partial charge is 0.416 e. The number of amides is 1. The highest BCUT2D eigenvalue weighted by Gasteiger charge is 2.33. The lowest BCUT2D eigenvalue weighted by Gasteiger charge is -2.36. The van der Waals surface area contributed by atoms with Crippen LogP contribution in [0.4, 0.5) is 18.9 Å². The van der Waals surface area contributed by atoms with Gasteiger partial charge >= 0.3 is 6.18 Å². The van der Waals surface area contributed by atoms with Gasteiger partial charge in [0.25, 0.3) is 0 Å². The van der Waals surface area contributed by atoms with E-state index in [9.17, 15) is 18.0 Å². The second-order valence-electron chi connectivity index (χ2n) is 5.04. The number of anilines is 1. The predicted octanol–water partition coefficient (Wildman–Crippen LogP) is 1.83. The quantitative estimate of drug-likeness (QED) is 0.906. The maximum atomic E-state index is 12.8. The Morgan fingerprint density at radius 2 is 1.86 bits per heavy atom. The van der Waals surface area contributed by atoms with Crippen molar-refractivity contribution in [2.24, 2.45) is 5.73 Å². The molecule has 0 aromatic heterocycles. The number of benzene rings is 1. The van der Waals surface area contributed by atoms with Gasteiger partial charge in [-0.2, -0.15) is 13.2 Å². The Bertz CT molecular complexity index is 523. The molecule has 1 aliphatic heterocycles. The fourth-order valence-electron chi connectivity index (χ4n) is 2.50. The summed E-state index contributed by atoms with van der Waals surface area (Å²) in [4.78, 5) is 15.0. The summed E-state index contributed by atoms with van der Waals surface area (Å²) in [5, 5.41) is 0. The molecule has 1 saturated heterocycles. The third-order valence-corrected chi connectivity index (χ3v) is 3.70.